The Morgan fingerprint density at radius 1 is 1.53 bits per heavy atom. The van der Waals surface area contributed by atoms with E-state index in [1.165, 1.54) is 5.56 Å². The summed E-state index contributed by atoms with van der Waals surface area (Å²) >= 11 is 3.57. The van der Waals surface area contributed by atoms with Crippen molar-refractivity contribution in [2.45, 2.75) is 32.0 Å². The first-order chi connectivity index (χ1) is 8.08. The Labute approximate surface area is 111 Å². The van der Waals surface area contributed by atoms with Crippen LogP contribution in [0.2, 0.25) is 0 Å². The number of likely N-dealkylation sites (N-methyl/N-ethyl adjacent to an activating group) is 1. The van der Waals surface area contributed by atoms with E-state index in [1.54, 1.807) is 0 Å². The van der Waals surface area contributed by atoms with E-state index in [9.17, 15) is 0 Å². The summed E-state index contributed by atoms with van der Waals surface area (Å²) in [4.78, 5) is 2.34. The van der Waals surface area contributed by atoms with Gasteiger partial charge in [0.1, 0.15) is 0 Å². The lowest BCUT2D eigenvalue weighted by atomic mass is 10.1. The van der Waals surface area contributed by atoms with Crippen LogP contribution in [-0.2, 0) is 11.3 Å². The monoisotopic (exact) mass is 298 g/mol. The molecule has 17 heavy (non-hydrogen) atoms. The van der Waals surface area contributed by atoms with Gasteiger partial charge < -0.3 is 10.5 Å². The molecule has 1 fully saturated rings. The van der Waals surface area contributed by atoms with E-state index in [1.807, 2.05) is 18.2 Å². The minimum atomic E-state index is 0.319. The molecule has 2 rings (SSSR count). The number of benzene rings is 1. The third kappa shape index (κ3) is 3.00. The fourth-order valence-electron chi connectivity index (χ4n) is 2.40. The molecule has 0 saturated carbocycles. The van der Waals surface area contributed by atoms with Gasteiger partial charge in [0.05, 0.1) is 6.10 Å². The van der Waals surface area contributed by atoms with Crippen LogP contribution in [-0.4, -0.2) is 30.7 Å². The maximum atomic E-state index is 5.82. The van der Waals surface area contributed by atoms with Crippen LogP contribution < -0.4 is 5.73 Å². The summed E-state index contributed by atoms with van der Waals surface area (Å²) in [6.07, 6.45) is 1.43. The van der Waals surface area contributed by atoms with Crippen molar-refractivity contribution in [2.24, 2.45) is 0 Å². The number of nitrogen functional groups attached to an aromatic ring is 1. The minimum Gasteiger partial charge on any atom is -0.399 e. The molecule has 94 valence electrons. The van der Waals surface area contributed by atoms with Gasteiger partial charge in [-0.1, -0.05) is 15.9 Å². The number of nitrogens with zero attached hydrogens (tertiary/aromatic N) is 1. The average molecular weight is 299 g/mol. The van der Waals surface area contributed by atoms with E-state index in [-0.39, 0.29) is 0 Å². The van der Waals surface area contributed by atoms with Gasteiger partial charge in [-0.3, -0.25) is 4.90 Å². The van der Waals surface area contributed by atoms with Crippen LogP contribution in [0.3, 0.4) is 0 Å². The second-order valence-electron chi connectivity index (χ2n) is 4.70. The number of ether oxygens (including phenoxy) is 1. The molecule has 0 radical (unpaired) electrons. The Bertz CT molecular complexity index is 397. The van der Waals surface area contributed by atoms with Crippen LogP contribution in [0, 0.1) is 0 Å². The topological polar surface area (TPSA) is 38.5 Å². The van der Waals surface area contributed by atoms with E-state index in [0.29, 0.717) is 12.1 Å². The fraction of sp³-hybridized carbons (Fsp3) is 0.538. The van der Waals surface area contributed by atoms with Gasteiger partial charge >= 0.3 is 0 Å². The molecule has 0 aromatic heterocycles. The van der Waals surface area contributed by atoms with Crippen LogP contribution in [0.5, 0.6) is 0 Å². The molecular weight excluding hydrogens is 280 g/mol. The zero-order chi connectivity index (χ0) is 12.4. The Kier molecular flexibility index (Phi) is 4.07. The molecule has 3 nitrogen and oxygen atoms in total. The number of rotatable bonds is 3. The van der Waals surface area contributed by atoms with Crippen molar-refractivity contribution in [3.63, 3.8) is 0 Å². The number of hydrogen-bond donors (Lipinski definition) is 1. The number of anilines is 1. The molecule has 2 N–H and O–H groups in total. The summed E-state index contributed by atoms with van der Waals surface area (Å²) in [7, 11) is 2.14. The normalized spacial score (nSPS) is 24.5. The number of halogens is 1. The highest BCUT2D eigenvalue weighted by Crippen LogP contribution is 2.24. The van der Waals surface area contributed by atoms with E-state index in [2.05, 4.69) is 34.8 Å². The predicted molar refractivity (Wildman–Crippen MR) is 73.8 cm³/mol. The van der Waals surface area contributed by atoms with Gasteiger partial charge in [0.25, 0.3) is 0 Å². The molecule has 1 aliphatic rings. The van der Waals surface area contributed by atoms with Gasteiger partial charge in [-0.05, 0) is 44.2 Å². The second kappa shape index (κ2) is 5.38. The van der Waals surface area contributed by atoms with E-state index >= 15 is 0 Å². The molecule has 0 aliphatic carbocycles. The van der Waals surface area contributed by atoms with Crippen molar-refractivity contribution in [3.8, 4) is 0 Å². The van der Waals surface area contributed by atoms with Crippen LogP contribution >= 0.6 is 15.9 Å². The van der Waals surface area contributed by atoms with Crippen molar-refractivity contribution < 1.29 is 4.74 Å². The highest BCUT2D eigenvalue weighted by Gasteiger charge is 2.27. The predicted octanol–water partition coefficient (Wildman–Crippen LogP) is 2.64. The lowest BCUT2D eigenvalue weighted by molar-refractivity contribution is 0.0814. The third-order valence-electron chi connectivity index (χ3n) is 3.39. The van der Waals surface area contributed by atoms with Crippen molar-refractivity contribution in [1.29, 1.82) is 0 Å². The largest absolute Gasteiger partial charge is 0.399 e. The molecule has 1 aliphatic heterocycles. The summed E-state index contributed by atoms with van der Waals surface area (Å²) in [5, 5.41) is 0. The highest BCUT2D eigenvalue weighted by atomic mass is 79.9. The maximum Gasteiger partial charge on any atom is 0.0703 e. The first-order valence-corrected chi connectivity index (χ1v) is 6.73. The average Bonchev–Trinajstić information content (AvgIpc) is 2.70. The molecule has 2 unspecified atom stereocenters. The smallest absolute Gasteiger partial charge is 0.0703 e. The van der Waals surface area contributed by atoms with E-state index in [0.717, 1.165) is 29.7 Å². The van der Waals surface area contributed by atoms with E-state index in [4.69, 9.17) is 10.5 Å². The van der Waals surface area contributed by atoms with Crippen molar-refractivity contribution in [3.05, 3.63) is 28.2 Å². The molecule has 2 atom stereocenters. The van der Waals surface area contributed by atoms with Crippen molar-refractivity contribution in [2.75, 3.05) is 19.4 Å². The van der Waals surface area contributed by atoms with Crippen molar-refractivity contribution in [1.82, 2.24) is 4.90 Å². The molecular formula is C13H19BrN2O. The third-order valence-corrected chi connectivity index (χ3v) is 4.17. The zero-order valence-electron chi connectivity index (χ0n) is 10.3. The van der Waals surface area contributed by atoms with Gasteiger partial charge in [-0.25, -0.2) is 0 Å². The summed E-state index contributed by atoms with van der Waals surface area (Å²) < 4.78 is 6.72. The zero-order valence-corrected chi connectivity index (χ0v) is 11.9. The lowest BCUT2D eigenvalue weighted by Crippen LogP contribution is -2.36. The number of nitrogens with two attached hydrogens (primary N) is 1. The molecule has 1 aromatic rings. The maximum absolute atomic E-state index is 5.82. The molecule has 1 heterocycles. The molecule has 4 heteroatoms. The quantitative estimate of drug-likeness (QED) is 0.872. The summed E-state index contributed by atoms with van der Waals surface area (Å²) in [6, 6.07) is 6.45. The molecule has 0 amide bonds. The van der Waals surface area contributed by atoms with Crippen LogP contribution in [0.4, 0.5) is 5.69 Å². The first kappa shape index (κ1) is 12.9. The number of hydrogen-bond acceptors (Lipinski definition) is 3. The first-order valence-electron chi connectivity index (χ1n) is 5.93. The SMILES string of the molecule is CC1OCCC1N(C)Cc1cc(N)ccc1Br. The minimum absolute atomic E-state index is 0.319. The standard InChI is InChI=1S/C13H19BrN2O/c1-9-13(5-6-17-9)16(2)8-10-7-11(15)3-4-12(10)14/h3-4,7,9,13H,5-6,8,15H2,1-2H3. The van der Waals surface area contributed by atoms with Gasteiger partial charge in [0, 0.05) is 29.4 Å². The Balaban J connectivity index is 2.07. The van der Waals surface area contributed by atoms with Gasteiger partial charge in [0.15, 0.2) is 0 Å². The summed E-state index contributed by atoms with van der Waals surface area (Å²) in [6.45, 7) is 3.90. The van der Waals surface area contributed by atoms with E-state index < -0.39 is 0 Å². The summed E-state index contributed by atoms with van der Waals surface area (Å²) in [5.74, 6) is 0. The Morgan fingerprint density at radius 2 is 2.29 bits per heavy atom. The van der Waals surface area contributed by atoms with Gasteiger partial charge in [-0.15, -0.1) is 0 Å². The molecule has 1 aromatic carbocycles. The lowest BCUT2D eigenvalue weighted by Gasteiger charge is -2.27. The van der Waals surface area contributed by atoms with Crippen molar-refractivity contribution >= 4 is 21.6 Å². The highest BCUT2D eigenvalue weighted by molar-refractivity contribution is 9.10. The molecule has 0 spiro atoms. The Hall–Kier alpha value is -0.580. The molecule has 0 bridgehead atoms. The van der Waals surface area contributed by atoms with Crippen LogP contribution in [0.1, 0.15) is 18.9 Å². The van der Waals surface area contributed by atoms with Gasteiger partial charge in [-0.2, -0.15) is 0 Å². The molecule has 1 saturated heterocycles. The van der Waals surface area contributed by atoms with Gasteiger partial charge in [0.2, 0.25) is 0 Å². The van der Waals surface area contributed by atoms with Crippen LogP contribution in [0.25, 0.3) is 0 Å². The second-order valence-corrected chi connectivity index (χ2v) is 5.55. The van der Waals surface area contributed by atoms with Crippen LogP contribution in [0.15, 0.2) is 22.7 Å². The summed E-state index contributed by atoms with van der Waals surface area (Å²) in [5.41, 5.74) is 7.86. The Morgan fingerprint density at radius 3 is 2.94 bits per heavy atom. The fourth-order valence-corrected chi connectivity index (χ4v) is 2.77.